The monoisotopic (exact) mass is 743 g/mol. The van der Waals surface area contributed by atoms with E-state index in [9.17, 15) is 30.1 Å². The van der Waals surface area contributed by atoms with Gasteiger partial charge in [-0.15, -0.1) is 0 Å². The molecule has 0 saturated heterocycles. The van der Waals surface area contributed by atoms with Crippen LogP contribution in [-0.2, 0) is 41.8 Å². The van der Waals surface area contributed by atoms with Gasteiger partial charge in [-0.05, 0) is 73.2 Å². The van der Waals surface area contributed by atoms with E-state index in [1.165, 1.54) is 12.0 Å². The van der Waals surface area contributed by atoms with Gasteiger partial charge in [0.25, 0.3) is 25.2 Å². The molecular weight excluding hydrogens is 709 g/mol. The van der Waals surface area contributed by atoms with Gasteiger partial charge in [0.2, 0.25) is 5.52 Å². The molecule has 2 N–H and O–H groups in total. The second-order valence-corrected chi connectivity index (χ2v) is 18.5. The molecule has 5 rings (SSSR count). The number of thiazole rings is 1. The van der Waals surface area contributed by atoms with Crippen LogP contribution in [0.25, 0.3) is 16.3 Å². The third-order valence-electron chi connectivity index (χ3n) is 7.40. The van der Waals surface area contributed by atoms with Gasteiger partial charge in [0.05, 0.1) is 29.3 Å². The highest BCUT2D eigenvalue weighted by atomic mass is 32.2. The Balaban J connectivity index is 1.48. The van der Waals surface area contributed by atoms with Gasteiger partial charge in [0, 0.05) is 68.9 Å². The van der Waals surface area contributed by atoms with Crippen LogP contribution >= 0.6 is 35.1 Å². The Kier molecular flexibility index (Phi) is 11.5. The lowest BCUT2D eigenvalue weighted by Crippen LogP contribution is -2.36. The Morgan fingerprint density at radius 3 is 2.52 bits per heavy atom. The third-order valence-corrected chi connectivity index (χ3v) is 12.8. The lowest BCUT2D eigenvalue weighted by molar-refractivity contribution is -0.668. The molecule has 248 valence electrons. The van der Waals surface area contributed by atoms with Crippen molar-refractivity contribution in [3.63, 3.8) is 0 Å². The van der Waals surface area contributed by atoms with Crippen LogP contribution < -0.4 is 9.47 Å². The van der Waals surface area contributed by atoms with Crippen LogP contribution in [0.5, 0.6) is 0 Å². The highest BCUT2D eigenvalue weighted by molar-refractivity contribution is 8.03. The van der Waals surface area contributed by atoms with Crippen LogP contribution in [0.2, 0.25) is 0 Å². The summed E-state index contributed by atoms with van der Waals surface area (Å²) >= 11 is 4.44. The average molecular weight is 744 g/mol. The largest absolute Gasteiger partial charge is 0.335 e. The van der Waals surface area contributed by atoms with Crippen molar-refractivity contribution in [3.05, 3.63) is 69.7 Å². The van der Waals surface area contributed by atoms with Crippen LogP contribution in [-0.4, -0.2) is 61.6 Å². The van der Waals surface area contributed by atoms with Gasteiger partial charge in [-0.3, -0.25) is 13.3 Å². The number of rotatable bonds is 13. The zero-order valence-electron chi connectivity index (χ0n) is 25.2. The predicted octanol–water partition coefficient (Wildman–Crippen LogP) is 6.08. The molecular formula is C30H35N2O8S6+. The molecule has 10 nitrogen and oxygen atoms in total. The number of hydrogen-bond acceptors (Lipinski definition) is 10. The maximum absolute atomic E-state index is 12.2. The average Bonchev–Trinajstić information content (AvgIpc) is 3.48. The molecule has 2 aliphatic rings. The fraction of sp³-hybridized carbons (Fsp3) is 0.367. The van der Waals surface area contributed by atoms with Crippen molar-refractivity contribution < 1.29 is 38.9 Å². The minimum Gasteiger partial charge on any atom is -0.335 e. The molecule has 0 saturated carbocycles. The summed E-state index contributed by atoms with van der Waals surface area (Å²) < 4.78 is 84.9. The highest BCUT2D eigenvalue weighted by Crippen LogP contribution is 2.47. The molecule has 3 aromatic rings. The number of fused-ring (bicyclic) bond motifs is 2. The Labute approximate surface area is 284 Å². The molecule has 2 aromatic carbocycles. The van der Waals surface area contributed by atoms with Crippen molar-refractivity contribution in [1.82, 2.24) is 0 Å². The summed E-state index contributed by atoms with van der Waals surface area (Å²) in [6, 6.07) is 11.7. The molecule has 0 fully saturated rings. The van der Waals surface area contributed by atoms with E-state index in [2.05, 4.69) is 22.8 Å². The van der Waals surface area contributed by atoms with E-state index >= 15 is 0 Å². The quantitative estimate of drug-likeness (QED) is 0.120. The van der Waals surface area contributed by atoms with Gasteiger partial charge in [0.15, 0.2) is 6.54 Å². The van der Waals surface area contributed by atoms with E-state index in [4.69, 9.17) is 4.18 Å². The van der Waals surface area contributed by atoms with Crippen LogP contribution in [0, 0.1) is 0 Å². The first-order chi connectivity index (χ1) is 21.8. The van der Waals surface area contributed by atoms with Crippen molar-refractivity contribution >= 4 is 88.2 Å². The standard InChI is InChI=1S/C30H34N2O8S6/c1-40-43-23-8-10-27-25(19-23)31(12-4-14-45(34,35)36)29(41-27)17-21-6-3-7-22(16-21)18-30-32(13-5-15-46(37,38)39)26-20-24(44(2)33)9-11-28(26)42-30/h8-11,16-20H,3-7,12-15H2,1-2H3,(H-,34,35,36,37,38,39)/p+1. The summed E-state index contributed by atoms with van der Waals surface area (Å²) in [6.45, 7) is 0.786. The fourth-order valence-electron chi connectivity index (χ4n) is 5.40. The summed E-state index contributed by atoms with van der Waals surface area (Å²) in [5.41, 5.74) is 4.07. The first-order valence-electron chi connectivity index (χ1n) is 14.4. The summed E-state index contributed by atoms with van der Waals surface area (Å²) in [5.74, 6) is -0.676. The molecule has 1 aliphatic carbocycles. The molecule has 1 atom stereocenters. The zero-order chi connectivity index (χ0) is 33.1. The first-order valence-corrected chi connectivity index (χ1v) is 21.6. The second kappa shape index (κ2) is 15.0. The van der Waals surface area contributed by atoms with Crippen LogP contribution in [0.3, 0.4) is 0 Å². The maximum atomic E-state index is 12.2. The molecule has 0 bridgehead atoms. The molecule has 2 heterocycles. The van der Waals surface area contributed by atoms with Crippen molar-refractivity contribution in [2.75, 3.05) is 36.3 Å². The van der Waals surface area contributed by atoms with E-state index in [0.29, 0.717) is 18.0 Å². The molecule has 1 aliphatic heterocycles. The van der Waals surface area contributed by atoms with E-state index in [-0.39, 0.29) is 24.3 Å². The summed E-state index contributed by atoms with van der Waals surface area (Å²) in [4.78, 5) is 4.63. The van der Waals surface area contributed by atoms with Crippen LogP contribution in [0.1, 0.15) is 37.1 Å². The fourth-order valence-corrected chi connectivity index (χ4v) is 9.69. The molecule has 46 heavy (non-hydrogen) atoms. The molecule has 1 unspecified atom stereocenters. The maximum Gasteiger partial charge on any atom is 0.265 e. The summed E-state index contributed by atoms with van der Waals surface area (Å²) in [5, 5.41) is 1.90. The lowest BCUT2D eigenvalue weighted by Gasteiger charge is -2.22. The predicted molar refractivity (Wildman–Crippen MR) is 187 cm³/mol. The summed E-state index contributed by atoms with van der Waals surface area (Å²) in [6.07, 6.45) is 11.2. The number of allylic oxidation sites excluding steroid dienone is 4. The van der Waals surface area contributed by atoms with Crippen molar-refractivity contribution in [1.29, 1.82) is 0 Å². The summed E-state index contributed by atoms with van der Waals surface area (Å²) in [7, 11) is -7.75. The SMILES string of the molecule is COSc1ccc2sc(C=C3C=C(/C=C4\Sc5ccc(S(C)=O)cc5N4CCCS(=O)(=O)O)CCC3)[n+](CCCS(=O)(=O)O)c2c1. The number of aromatic nitrogens is 1. The first kappa shape index (κ1) is 35.3. The molecule has 0 amide bonds. The lowest BCUT2D eigenvalue weighted by atomic mass is 9.95. The third kappa shape index (κ3) is 9.32. The minimum absolute atomic E-state index is 0.230. The van der Waals surface area contributed by atoms with Crippen molar-refractivity contribution in [2.24, 2.45) is 0 Å². The van der Waals surface area contributed by atoms with Crippen LogP contribution in [0.4, 0.5) is 5.69 Å². The van der Waals surface area contributed by atoms with Gasteiger partial charge in [0.1, 0.15) is 4.70 Å². The number of benzene rings is 2. The van der Waals surface area contributed by atoms with E-state index in [1.54, 1.807) is 36.5 Å². The van der Waals surface area contributed by atoms with Crippen LogP contribution in [0.15, 0.2) is 79.4 Å². The number of anilines is 1. The zero-order valence-corrected chi connectivity index (χ0v) is 30.1. The second-order valence-electron chi connectivity index (χ2n) is 10.9. The van der Waals surface area contributed by atoms with E-state index in [0.717, 1.165) is 66.1 Å². The van der Waals surface area contributed by atoms with Gasteiger partial charge in [-0.25, -0.2) is 0 Å². The molecule has 0 spiro atoms. The Bertz CT molecular complexity index is 1970. The Hall–Kier alpha value is -2.02. The molecule has 0 radical (unpaired) electrons. The smallest absolute Gasteiger partial charge is 0.265 e. The minimum atomic E-state index is -4.10. The van der Waals surface area contributed by atoms with E-state index < -0.39 is 31.0 Å². The van der Waals surface area contributed by atoms with Gasteiger partial charge < -0.3 is 9.08 Å². The van der Waals surface area contributed by atoms with Crippen molar-refractivity contribution in [3.8, 4) is 0 Å². The van der Waals surface area contributed by atoms with Gasteiger partial charge in [-0.1, -0.05) is 29.2 Å². The van der Waals surface area contributed by atoms with Gasteiger partial charge >= 0.3 is 0 Å². The van der Waals surface area contributed by atoms with Gasteiger partial charge in [-0.2, -0.15) is 21.4 Å². The van der Waals surface area contributed by atoms with E-state index in [1.807, 2.05) is 41.3 Å². The Morgan fingerprint density at radius 1 is 1.04 bits per heavy atom. The number of aryl methyl sites for hydroxylation is 1. The topological polar surface area (TPSA) is 142 Å². The number of thioether (sulfide) groups is 1. The molecule has 1 aromatic heterocycles. The normalized spacial score (nSPS) is 18.0. The van der Waals surface area contributed by atoms with Crippen molar-refractivity contribution in [2.45, 2.75) is 53.3 Å². The number of hydrogen-bond donors (Lipinski definition) is 2. The highest BCUT2D eigenvalue weighted by Gasteiger charge is 2.27. The Morgan fingerprint density at radius 2 is 1.80 bits per heavy atom. The number of nitrogens with zero attached hydrogens (tertiary/aromatic N) is 2. The molecule has 16 heteroatoms.